The average molecular weight is 412 g/mol. The molecule has 152 valence electrons. The third-order valence-electron chi connectivity index (χ3n) is 5.39. The van der Waals surface area contributed by atoms with Gasteiger partial charge in [-0.3, -0.25) is 4.90 Å². The molecule has 1 saturated heterocycles. The lowest BCUT2D eigenvalue weighted by Gasteiger charge is -2.38. The largest absolute Gasteiger partial charge is 0.370 e. The van der Waals surface area contributed by atoms with Crippen molar-refractivity contribution in [2.75, 3.05) is 12.9 Å². The molecule has 7 nitrogen and oxygen atoms in total. The molecule has 2 aliphatic heterocycles. The molecule has 3 heterocycles. The zero-order valence-electron chi connectivity index (χ0n) is 15.6. The molecular weight excluding hydrogens is 390 g/mol. The first-order chi connectivity index (χ1) is 13.1. The fourth-order valence-electron chi connectivity index (χ4n) is 4.19. The van der Waals surface area contributed by atoms with Gasteiger partial charge in [-0.25, -0.2) is 26.2 Å². The topological polar surface area (TPSA) is 90.5 Å². The average Bonchev–Trinajstić information content (AvgIpc) is 3.12. The van der Waals surface area contributed by atoms with Crippen LogP contribution in [0.5, 0.6) is 0 Å². The molecule has 0 aliphatic carbocycles. The second-order valence-corrected chi connectivity index (χ2v) is 9.29. The Bertz CT molecular complexity index is 1020. The zero-order valence-corrected chi connectivity index (χ0v) is 16.4. The van der Waals surface area contributed by atoms with Crippen molar-refractivity contribution in [1.82, 2.24) is 13.9 Å². The molecule has 0 bridgehead atoms. The number of halogens is 2. The predicted octanol–water partition coefficient (Wildman–Crippen LogP) is 1.45. The van der Waals surface area contributed by atoms with Gasteiger partial charge >= 0.3 is 0 Å². The van der Waals surface area contributed by atoms with Crippen LogP contribution in [-0.4, -0.2) is 47.2 Å². The number of rotatable bonds is 3. The molecule has 0 unspecified atom stereocenters. The highest BCUT2D eigenvalue weighted by Gasteiger charge is 2.38. The number of hydrogen-bond donors (Lipinski definition) is 1. The van der Waals surface area contributed by atoms with Gasteiger partial charge in [-0.2, -0.15) is 0 Å². The molecule has 0 radical (unpaired) electrons. The molecule has 0 amide bonds. The predicted molar refractivity (Wildman–Crippen MR) is 97.9 cm³/mol. The molecule has 10 heteroatoms. The number of aromatic nitrogens is 2. The van der Waals surface area contributed by atoms with E-state index in [9.17, 15) is 17.2 Å². The second kappa shape index (κ2) is 6.87. The number of nitrogens with zero attached hydrogens (tertiary/aromatic N) is 3. The number of fused-ring (bicyclic) bond motifs is 1. The minimum absolute atomic E-state index is 0.0645. The van der Waals surface area contributed by atoms with E-state index in [1.54, 1.807) is 6.92 Å². The second-order valence-electron chi connectivity index (χ2n) is 7.46. The van der Waals surface area contributed by atoms with E-state index < -0.39 is 33.8 Å². The van der Waals surface area contributed by atoms with Gasteiger partial charge in [0, 0.05) is 30.7 Å². The minimum atomic E-state index is -3.44. The molecule has 1 aromatic heterocycles. The van der Waals surface area contributed by atoms with Crippen LogP contribution in [0.4, 0.5) is 8.78 Å². The van der Waals surface area contributed by atoms with Gasteiger partial charge in [0.2, 0.25) is 10.0 Å². The van der Waals surface area contributed by atoms with Crippen molar-refractivity contribution < 1.29 is 21.9 Å². The number of imidazole rings is 1. The van der Waals surface area contributed by atoms with E-state index in [0.717, 1.165) is 30.1 Å². The fraction of sp³-hybridized carbons (Fsp3) is 0.500. The van der Waals surface area contributed by atoms with E-state index in [1.807, 2.05) is 0 Å². The first-order valence-electron chi connectivity index (χ1n) is 8.99. The molecule has 1 aromatic carbocycles. The fourth-order valence-corrected chi connectivity index (χ4v) is 5.27. The third kappa shape index (κ3) is 3.34. The van der Waals surface area contributed by atoms with E-state index in [0.29, 0.717) is 31.0 Å². The van der Waals surface area contributed by atoms with Gasteiger partial charge < -0.3 is 10.5 Å². The summed E-state index contributed by atoms with van der Waals surface area (Å²) in [5.41, 5.74) is 7.75. The molecule has 0 saturated carbocycles. The Morgan fingerprint density at radius 2 is 2.04 bits per heavy atom. The van der Waals surface area contributed by atoms with Crippen LogP contribution in [0.3, 0.4) is 0 Å². The van der Waals surface area contributed by atoms with E-state index in [4.69, 9.17) is 10.5 Å². The molecule has 2 N–H and O–H groups in total. The van der Waals surface area contributed by atoms with Gasteiger partial charge in [-0.1, -0.05) is 0 Å². The van der Waals surface area contributed by atoms with Crippen molar-refractivity contribution in [3.63, 3.8) is 0 Å². The van der Waals surface area contributed by atoms with Gasteiger partial charge in [0.05, 0.1) is 24.3 Å². The summed E-state index contributed by atoms with van der Waals surface area (Å²) in [6, 6.07) is 2.67. The summed E-state index contributed by atoms with van der Waals surface area (Å²) >= 11 is 0. The molecule has 1 fully saturated rings. The van der Waals surface area contributed by atoms with Crippen LogP contribution in [0, 0.1) is 18.6 Å². The van der Waals surface area contributed by atoms with E-state index in [1.165, 1.54) is 3.97 Å². The number of hydrogen-bond acceptors (Lipinski definition) is 6. The molecule has 4 rings (SSSR count). The van der Waals surface area contributed by atoms with Gasteiger partial charge in [-0.05, 0) is 31.5 Å². The van der Waals surface area contributed by atoms with E-state index in [-0.39, 0.29) is 18.2 Å². The van der Waals surface area contributed by atoms with Crippen LogP contribution >= 0.6 is 0 Å². The molecule has 2 aliphatic rings. The monoisotopic (exact) mass is 412 g/mol. The van der Waals surface area contributed by atoms with Crippen molar-refractivity contribution in [1.29, 1.82) is 0 Å². The van der Waals surface area contributed by atoms with Crippen molar-refractivity contribution in [3.8, 4) is 0 Å². The molecule has 3 atom stereocenters. The number of nitrogens with two attached hydrogens (primary N) is 1. The van der Waals surface area contributed by atoms with E-state index >= 15 is 0 Å². The summed E-state index contributed by atoms with van der Waals surface area (Å²) in [6.07, 6.45) is 0.952. The van der Waals surface area contributed by atoms with Gasteiger partial charge in [0.25, 0.3) is 0 Å². The number of aryl methyl sites for hydroxylation is 1. The van der Waals surface area contributed by atoms with Crippen LogP contribution in [-0.2, 0) is 27.8 Å². The molecule has 0 spiro atoms. The van der Waals surface area contributed by atoms with Crippen LogP contribution in [0.15, 0.2) is 18.2 Å². The maximum atomic E-state index is 14.1. The highest BCUT2D eigenvalue weighted by atomic mass is 32.2. The lowest BCUT2D eigenvalue weighted by Crippen LogP contribution is -2.48. The van der Waals surface area contributed by atoms with Crippen LogP contribution < -0.4 is 5.73 Å². The number of benzene rings is 1. The maximum Gasteiger partial charge on any atom is 0.237 e. The normalized spacial score (nSPS) is 25.8. The van der Waals surface area contributed by atoms with Crippen LogP contribution in [0.2, 0.25) is 0 Å². The summed E-state index contributed by atoms with van der Waals surface area (Å²) in [5.74, 6) is -0.635. The first kappa shape index (κ1) is 19.4. The highest BCUT2D eigenvalue weighted by molar-refractivity contribution is 7.89. The SMILES string of the molecule is Cc1nc2c(n1S(C)(=O)=O)CN([C@H]1CO[C@H](c3cc(F)ccc3F)[C@@H](N)C1)C2. The van der Waals surface area contributed by atoms with Crippen LogP contribution in [0.1, 0.15) is 35.3 Å². The van der Waals surface area contributed by atoms with Gasteiger partial charge in [0.1, 0.15) is 23.6 Å². The summed E-state index contributed by atoms with van der Waals surface area (Å²) in [6.45, 7) is 2.87. The lowest BCUT2D eigenvalue weighted by molar-refractivity contribution is -0.0534. The van der Waals surface area contributed by atoms with E-state index in [2.05, 4.69) is 9.88 Å². The smallest absolute Gasteiger partial charge is 0.237 e. The quantitative estimate of drug-likeness (QED) is 0.821. The molecular formula is C18H22F2N4O3S. The summed E-state index contributed by atoms with van der Waals surface area (Å²) < 4.78 is 58.8. The van der Waals surface area contributed by atoms with Crippen molar-refractivity contribution in [2.24, 2.45) is 5.73 Å². The Labute approximate surface area is 162 Å². The summed E-state index contributed by atoms with van der Waals surface area (Å²) in [7, 11) is -3.44. The van der Waals surface area contributed by atoms with Crippen LogP contribution in [0.25, 0.3) is 0 Å². The first-order valence-corrected chi connectivity index (χ1v) is 10.8. The lowest BCUT2D eigenvalue weighted by atomic mass is 9.93. The van der Waals surface area contributed by atoms with Crippen molar-refractivity contribution in [3.05, 3.63) is 52.6 Å². The molecule has 28 heavy (non-hydrogen) atoms. The Kier molecular flexibility index (Phi) is 4.77. The summed E-state index contributed by atoms with van der Waals surface area (Å²) in [4.78, 5) is 6.45. The Hall–Kier alpha value is -1.88. The Balaban J connectivity index is 1.50. The summed E-state index contributed by atoms with van der Waals surface area (Å²) in [5, 5.41) is 0. The van der Waals surface area contributed by atoms with Crippen molar-refractivity contribution in [2.45, 2.75) is 44.6 Å². The Morgan fingerprint density at radius 1 is 1.29 bits per heavy atom. The number of ether oxygens (including phenoxy) is 1. The highest BCUT2D eigenvalue weighted by Crippen LogP contribution is 2.34. The van der Waals surface area contributed by atoms with Gasteiger partial charge in [-0.15, -0.1) is 0 Å². The molecule has 2 aromatic rings. The Morgan fingerprint density at radius 3 is 2.71 bits per heavy atom. The minimum Gasteiger partial charge on any atom is -0.370 e. The standard InChI is InChI=1S/C18H22F2N4O3S/c1-10-22-16-7-23(8-17(16)24(10)28(2,25)26)12-6-15(21)18(27-9-12)13-5-11(19)3-4-14(13)20/h3-5,12,15,18H,6-9,21H2,1-2H3/t12-,15+,18-/m1/s1. The van der Waals surface area contributed by atoms with Crippen molar-refractivity contribution >= 4 is 10.0 Å². The van der Waals surface area contributed by atoms with Gasteiger partial charge in [0.15, 0.2) is 0 Å². The maximum absolute atomic E-state index is 14.1. The zero-order chi connectivity index (χ0) is 20.2. The third-order valence-corrected chi connectivity index (χ3v) is 6.54.